The Morgan fingerprint density at radius 3 is 2.47 bits per heavy atom. The van der Waals surface area contributed by atoms with Crippen molar-refractivity contribution in [3.63, 3.8) is 0 Å². The number of aryl methyl sites for hydroxylation is 1. The maximum atomic E-state index is 13.2. The molecule has 2 aliphatic rings. The van der Waals surface area contributed by atoms with E-state index in [9.17, 15) is 28.1 Å². The van der Waals surface area contributed by atoms with Crippen LogP contribution in [0.25, 0.3) is 0 Å². The highest BCUT2D eigenvalue weighted by molar-refractivity contribution is 7.13. The summed E-state index contributed by atoms with van der Waals surface area (Å²) in [7, 11) is 0. The SMILES string of the molecule is Cc1csc(N2CCCN(C(=O)C3CCN(c4ccc(C(F)(F)F)cc4[N+](=O)[O-])CC3)CC2)n1. The third kappa shape index (κ3) is 5.26. The van der Waals surface area contributed by atoms with Gasteiger partial charge in [0.15, 0.2) is 5.13 Å². The topological polar surface area (TPSA) is 82.8 Å². The minimum absolute atomic E-state index is 0.0822. The molecule has 1 aromatic carbocycles. The lowest BCUT2D eigenvalue weighted by Gasteiger charge is -2.35. The predicted molar refractivity (Wildman–Crippen MR) is 123 cm³/mol. The van der Waals surface area contributed by atoms with E-state index in [4.69, 9.17) is 0 Å². The lowest BCUT2D eigenvalue weighted by atomic mass is 9.94. The highest BCUT2D eigenvalue weighted by atomic mass is 32.1. The van der Waals surface area contributed by atoms with Gasteiger partial charge in [0.25, 0.3) is 5.69 Å². The molecule has 34 heavy (non-hydrogen) atoms. The number of nitro groups is 1. The van der Waals surface area contributed by atoms with Crippen molar-refractivity contribution >= 4 is 33.8 Å². The molecular formula is C22H26F3N5O3S. The van der Waals surface area contributed by atoms with E-state index >= 15 is 0 Å². The summed E-state index contributed by atoms with van der Waals surface area (Å²) in [4.78, 5) is 34.2. The maximum Gasteiger partial charge on any atom is 0.416 e. The molecule has 184 valence electrons. The molecule has 0 atom stereocenters. The van der Waals surface area contributed by atoms with Crippen LogP contribution in [0.3, 0.4) is 0 Å². The number of aromatic nitrogens is 1. The van der Waals surface area contributed by atoms with Crippen LogP contribution in [0.2, 0.25) is 0 Å². The van der Waals surface area contributed by atoms with Crippen molar-refractivity contribution in [2.24, 2.45) is 5.92 Å². The van der Waals surface area contributed by atoms with Crippen LogP contribution in [0.1, 0.15) is 30.5 Å². The summed E-state index contributed by atoms with van der Waals surface area (Å²) >= 11 is 1.60. The number of nitro benzene ring substituents is 1. The second kappa shape index (κ2) is 9.77. The highest BCUT2D eigenvalue weighted by Crippen LogP contribution is 2.38. The van der Waals surface area contributed by atoms with Gasteiger partial charge in [0.2, 0.25) is 5.91 Å². The van der Waals surface area contributed by atoms with E-state index in [-0.39, 0.29) is 17.5 Å². The summed E-state index contributed by atoms with van der Waals surface area (Å²) in [6.07, 6.45) is -2.80. The summed E-state index contributed by atoms with van der Waals surface area (Å²) in [5, 5.41) is 14.4. The first-order valence-corrected chi connectivity index (χ1v) is 12.1. The van der Waals surface area contributed by atoms with Gasteiger partial charge in [-0.15, -0.1) is 11.3 Å². The number of thiazole rings is 1. The molecular weight excluding hydrogens is 471 g/mol. The van der Waals surface area contributed by atoms with Crippen molar-refractivity contribution in [2.75, 3.05) is 49.1 Å². The number of hydrogen-bond acceptors (Lipinski definition) is 7. The van der Waals surface area contributed by atoms with E-state index in [1.54, 1.807) is 16.2 Å². The van der Waals surface area contributed by atoms with Crippen molar-refractivity contribution in [2.45, 2.75) is 32.4 Å². The van der Waals surface area contributed by atoms with Crippen LogP contribution in [0.4, 0.5) is 29.7 Å². The number of piperidine rings is 1. The molecule has 0 unspecified atom stereocenters. The average molecular weight is 498 g/mol. The molecule has 0 aliphatic carbocycles. The lowest BCUT2D eigenvalue weighted by molar-refractivity contribution is -0.384. The third-order valence-electron chi connectivity index (χ3n) is 6.37. The number of rotatable bonds is 4. The number of amides is 1. The smallest absolute Gasteiger partial charge is 0.366 e. The summed E-state index contributed by atoms with van der Waals surface area (Å²) in [5.74, 6) is -0.114. The van der Waals surface area contributed by atoms with Gasteiger partial charge in [-0.3, -0.25) is 14.9 Å². The molecule has 0 N–H and O–H groups in total. The Bertz CT molecular complexity index is 1050. The molecule has 2 saturated heterocycles. The van der Waals surface area contributed by atoms with Crippen molar-refractivity contribution in [1.29, 1.82) is 0 Å². The minimum atomic E-state index is -4.65. The Kier molecular flexibility index (Phi) is 6.96. The molecule has 0 spiro atoms. The molecule has 2 aliphatic heterocycles. The summed E-state index contributed by atoms with van der Waals surface area (Å²) in [5.41, 5.74) is -0.467. The van der Waals surface area contributed by atoms with E-state index in [1.807, 2.05) is 17.2 Å². The van der Waals surface area contributed by atoms with Gasteiger partial charge in [-0.2, -0.15) is 13.2 Å². The standard InChI is InChI=1S/C22H26F3N5O3S/c1-15-14-34-21(26-15)29-8-2-7-28(11-12-29)20(31)16-5-9-27(10-6-16)18-4-3-17(22(23,24)25)13-19(18)30(32)33/h3-4,13-14,16H,2,5-12H2,1H3. The molecule has 8 nitrogen and oxygen atoms in total. The molecule has 2 aromatic rings. The van der Waals surface area contributed by atoms with E-state index in [2.05, 4.69) is 9.88 Å². The van der Waals surface area contributed by atoms with Gasteiger partial charge in [0.1, 0.15) is 5.69 Å². The first-order chi connectivity index (χ1) is 16.1. The zero-order chi connectivity index (χ0) is 24.5. The van der Waals surface area contributed by atoms with E-state index in [1.165, 1.54) is 0 Å². The molecule has 12 heteroatoms. The number of carbonyl (C=O) groups is 1. The molecule has 4 rings (SSSR count). The second-order valence-corrected chi connectivity index (χ2v) is 9.49. The van der Waals surface area contributed by atoms with Crippen molar-refractivity contribution in [3.8, 4) is 0 Å². The van der Waals surface area contributed by atoms with Gasteiger partial charge in [-0.05, 0) is 38.3 Å². The van der Waals surface area contributed by atoms with E-state index in [0.29, 0.717) is 45.1 Å². The molecule has 0 bridgehead atoms. The Hall–Kier alpha value is -2.89. The number of benzene rings is 1. The average Bonchev–Trinajstić information content (AvgIpc) is 3.09. The van der Waals surface area contributed by atoms with Gasteiger partial charge in [-0.1, -0.05) is 0 Å². The number of nitrogens with zero attached hydrogens (tertiary/aromatic N) is 5. The van der Waals surface area contributed by atoms with Gasteiger partial charge < -0.3 is 14.7 Å². The van der Waals surface area contributed by atoms with Crippen molar-refractivity contribution in [1.82, 2.24) is 9.88 Å². The van der Waals surface area contributed by atoms with Gasteiger partial charge in [0.05, 0.1) is 16.2 Å². The van der Waals surface area contributed by atoms with Crippen LogP contribution in [0, 0.1) is 23.0 Å². The van der Waals surface area contributed by atoms with Crippen LogP contribution in [-0.2, 0) is 11.0 Å². The summed E-state index contributed by atoms with van der Waals surface area (Å²) in [6, 6.07) is 2.61. The van der Waals surface area contributed by atoms with Gasteiger partial charge in [0, 0.05) is 56.6 Å². The van der Waals surface area contributed by atoms with Crippen molar-refractivity contribution < 1.29 is 22.9 Å². The molecule has 3 heterocycles. The van der Waals surface area contributed by atoms with Gasteiger partial charge >= 0.3 is 6.18 Å². The van der Waals surface area contributed by atoms with Crippen LogP contribution in [-0.4, -0.2) is 60.0 Å². The second-order valence-electron chi connectivity index (χ2n) is 8.66. The minimum Gasteiger partial charge on any atom is -0.366 e. The van der Waals surface area contributed by atoms with Crippen LogP contribution in [0.5, 0.6) is 0 Å². The molecule has 1 aromatic heterocycles. The number of alkyl halides is 3. The molecule has 0 saturated carbocycles. The third-order valence-corrected chi connectivity index (χ3v) is 7.39. The lowest BCUT2D eigenvalue weighted by Crippen LogP contribution is -2.44. The van der Waals surface area contributed by atoms with Crippen molar-refractivity contribution in [3.05, 3.63) is 45.0 Å². The summed E-state index contributed by atoms with van der Waals surface area (Å²) in [6.45, 7) is 5.55. The highest BCUT2D eigenvalue weighted by Gasteiger charge is 2.35. The number of hydrogen-bond donors (Lipinski definition) is 0. The Morgan fingerprint density at radius 2 is 1.85 bits per heavy atom. The Labute approximate surface area is 199 Å². The quantitative estimate of drug-likeness (QED) is 0.462. The fraction of sp³-hybridized carbons (Fsp3) is 0.545. The maximum absolute atomic E-state index is 13.2. The van der Waals surface area contributed by atoms with E-state index in [0.717, 1.165) is 42.5 Å². The zero-order valence-electron chi connectivity index (χ0n) is 18.8. The number of halogens is 3. The zero-order valence-corrected chi connectivity index (χ0v) is 19.6. The fourth-order valence-electron chi connectivity index (χ4n) is 4.55. The first-order valence-electron chi connectivity index (χ1n) is 11.2. The predicted octanol–water partition coefficient (Wildman–Crippen LogP) is 4.33. The first kappa shape index (κ1) is 24.2. The molecule has 0 radical (unpaired) electrons. The fourth-order valence-corrected chi connectivity index (χ4v) is 5.41. The van der Waals surface area contributed by atoms with E-state index < -0.39 is 22.4 Å². The summed E-state index contributed by atoms with van der Waals surface area (Å²) < 4.78 is 39.0. The normalized spacial score (nSPS) is 18.2. The Balaban J connectivity index is 1.37. The van der Waals surface area contributed by atoms with Crippen LogP contribution >= 0.6 is 11.3 Å². The monoisotopic (exact) mass is 497 g/mol. The van der Waals surface area contributed by atoms with Crippen LogP contribution < -0.4 is 9.80 Å². The van der Waals surface area contributed by atoms with Crippen LogP contribution in [0.15, 0.2) is 23.6 Å². The number of anilines is 2. The molecule has 1 amide bonds. The Morgan fingerprint density at radius 1 is 1.12 bits per heavy atom. The largest absolute Gasteiger partial charge is 0.416 e. The van der Waals surface area contributed by atoms with Gasteiger partial charge in [-0.25, -0.2) is 4.98 Å². The molecule has 2 fully saturated rings. The number of carbonyl (C=O) groups excluding carboxylic acids is 1.